The molecule has 0 aliphatic carbocycles. The standard InChI is InChI=1S/C19H32N2O2/c1-7-21(15(4)5)11-10-20-19(22)13-23-17-8-9-18(14(2)3)16(6)12-17/h8-9,12,14-15H,7,10-11,13H2,1-6H3,(H,20,22). The molecule has 0 saturated carbocycles. The Bertz CT molecular complexity index is 498. The molecule has 0 spiro atoms. The zero-order valence-corrected chi connectivity index (χ0v) is 15.5. The Hall–Kier alpha value is -1.55. The number of hydrogen-bond donors (Lipinski definition) is 1. The van der Waals surface area contributed by atoms with Gasteiger partial charge in [0.15, 0.2) is 6.61 Å². The van der Waals surface area contributed by atoms with Crippen molar-refractivity contribution in [1.29, 1.82) is 0 Å². The maximum absolute atomic E-state index is 11.9. The molecule has 1 aromatic rings. The van der Waals surface area contributed by atoms with Crippen LogP contribution in [-0.4, -0.2) is 43.1 Å². The van der Waals surface area contributed by atoms with Crippen LogP contribution in [0, 0.1) is 6.92 Å². The lowest BCUT2D eigenvalue weighted by Crippen LogP contribution is -2.39. The van der Waals surface area contributed by atoms with Gasteiger partial charge >= 0.3 is 0 Å². The molecule has 0 aliphatic rings. The molecule has 23 heavy (non-hydrogen) atoms. The molecule has 0 fully saturated rings. The Morgan fingerprint density at radius 1 is 1.26 bits per heavy atom. The van der Waals surface area contributed by atoms with E-state index in [1.165, 1.54) is 11.1 Å². The van der Waals surface area contributed by atoms with Crippen molar-refractivity contribution in [3.8, 4) is 5.75 Å². The summed E-state index contributed by atoms with van der Waals surface area (Å²) in [4.78, 5) is 14.2. The number of aryl methyl sites for hydroxylation is 1. The van der Waals surface area contributed by atoms with Crippen LogP contribution in [0.5, 0.6) is 5.75 Å². The fourth-order valence-corrected chi connectivity index (χ4v) is 2.71. The molecule has 0 atom stereocenters. The van der Waals surface area contributed by atoms with Crippen molar-refractivity contribution in [3.05, 3.63) is 29.3 Å². The molecule has 4 nitrogen and oxygen atoms in total. The van der Waals surface area contributed by atoms with Gasteiger partial charge in [-0.25, -0.2) is 0 Å². The van der Waals surface area contributed by atoms with Crippen molar-refractivity contribution >= 4 is 5.91 Å². The van der Waals surface area contributed by atoms with Gasteiger partial charge in [0.2, 0.25) is 0 Å². The van der Waals surface area contributed by atoms with E-state index in [2.05, 4.69) is 57.8 Å². The van der Waals surface area contributed by atoms with Crippen LogP contribution in [0.1, 0.15) is 51.7 Å². The monoisotopic (exact) mass is 320 g/mol. The predicted octanol–water partition coefficient (Wildman–Crippen LogP) is 3.34. The number of rotatable bonds is 9. The first kappa shape index (κ1) is 19.5. The number of nitrogens with zero attached hydrogens (tertiary/aromatic N) is 1. The Labute approximate surface area is 141 Å². The number of hydrogen-bond acceptors (Lipinski definition) is 3. The van der Waals surface area contributed by atoms with E-state index < -0.39 is 0 Å². The van der Waals surface area contributed by atoms with Crippen molar-refractivity contribution in [2.75, 3.05) is 26.2 Å². The van der Waals surface area contributed by atoms with Crippen LogP contribution in [0.3, 0.4) is 0 Å². The second-order valence-electron chi connectivity index (χ2n) is 6.53. The van der Waals surface area contributed by atoms with Gasteiger partial charge in [-0.3, -0.25) is 9.69 Å². The van der Waals surface area contributed by atoms with E-state index in [0.29, 0.717) is 18.5 Å². The summed E-state index contributed by atoms with van der Waals surface area (Å²) in [6, 6.07) is 6.51. The highest BCUT2D eigenvalue weighted by atomic mass is 16.5. The second kappa shape index (κ2) is 9.56. The van der Waals surface area contributed by atoms with Gasteiger partial charge in [-0.05, 0) is 56.5 Å². The van der Waals surface area contributed by atoms with E-state index in [-0.39, 0.29) is 12.5 Å². The lowest BCUT2D eigenvalue weighted by atomic mass is 9.98. The van der Waals surface area contributed by atoms with Gasteiger partial charge in [-0.1, -0.05) is 26.8 Å². The van der Waals surface area contributed by atoms with Crippen LogP contribution in [0.25, 0.3) is 0 Å². The highest BCUT2D eigenvalue weighted by Crippen LogP contribution is 2.23. The Morgan fingerprint density at radius 2 is 1.96 bits per heavy atom. The van der Waals surface area contributed by atoms with Crippen molar-refractivity contribution in [1.82, 2.24) is 10.2 Å². The predicted molar refractivity (Wildman–Crippen MR) is 96.2 cm³/mol. The Balaban J connectivity index is 2.37. The summed E-state index contributed by atoms with van der Waals surface area (Å²) >= 11 is 0. The van der Waals surface area contributed by atoms with Crippen molar-refractivity contribution in [3.63, 3.8) is 0 Å². The summed E-state index contributed by atoms with van der Waals surface area (Å²) in [5.74, 6) is 1.17. The average Bonchev–Trinajstić information content (AvgIpc) is 2.48. The van der Waals surface area contributed by atoms with Gasteiger partial charge in [0, 0.05) is 19.1 Å². The molecule has 0 aromatic heterocycles. The number of carbonyl (C=O) groups is 1. The zero-order chi connectivity index (χ0) is 17.4. The Morgan fingerprint density at radius 3 is 2.48 bits per heavy atom. The van der Waals surface area contributed by atoms with Crippen molar-refractivity contribution in [2.24, 2.45) is 0 Å². The van der Waals surface area contributed by atoms with Gasteiger partial charge in [0.25, 0.3) is 5.91 Å². The lowest BCUT2D eigenvalue weighted by Gasteiger charge is -2.24. The van der Waals surface area contributed by atoms with Crippen molar-refractivity contribution in [2.45, 2.75) is 53.5 Å². The molecule has 1 N–H and O–H groups in total. The van der Waals surface area contributed by atoms with Crippen LogP contribution >= 0.6 is 0 Å². The maximum atomic E-state index is 11.9. The average molecular weight is 320 g/mol. The molecule has 0 heterocycles. The van der Waals surface area contributed by atoms with Crippen LogP contribution in [0.15, 0.2) is 18.2 Å². The molecule has 0 radical (unpaired) electrons. The summed E-state index contributed by atoms with van der Waals surface area (Å²) in [6.45, 7) is 15.5. The third-order valence-electron chi connectivity index (χ3n) is 4.09. The number of amides is 1. The lowest BCUT2D eigenvalue weighted by molar-refractivity contribution is -0.123. The highest BCUT2D eigenvalue weighted by molar-refractivity contribution is 5.77. The van der Waals surface area contributed by atoms with Gasteiger partial charge in [-0.15, -0.1) is 0 Å². The molecular formula is C19H32N2O2. The summed E-state index contributed by atoms with van der Waals surface area (Å²) in [5, 5.41) is 2.91. The smallest absolute Gasteiger partial charge is 0.257 e. The molecule has 130 valence electrons. The van der Waals surface area contributed by atoms with E-state index in [0.717, 1.165) is 18.8 Å². The maximum Gasteiger partial charge on any atom is 0.257 e. The van der Waals surface area contributed by atoms with Gasteiger partial charge < -0.3 is 10.1 Å². The Kier molecular flexibility index (Phi) is 8.10. The molecule has 1 amide bonds. The minimum atomic E-state index is -0.0737. The number of nitrogens with one attached hydrogen (secondary N) is 1. The summed E-state index contributed by atoms with van der Waals surface area (Å²) in [6.07, 6.45) is 0. The first-order valence-electron chi connectivity index (χ1n) is 8.59. The second-order valence-corrected chi connectivity index (χ2v) is 6.53. The van der Waals surface area contributed by atoms with Crippen LogP contribution in [0.2, 0.25) is 0 Å². The van der Waals surface area contributed by atoms with Gasteiger partial charge in [0.05, 0.1) is 0 Å². The van der Waals surface area contributed by atoms with E-state index in [9.17, 15) is 4.79 Å². The fraction of sp³-hybridized carbons (Fsp3) is 0.632. The molecule has 0 unspecified atom stereocenters. The topological polar surface area (TPSA) is 41.6 Å². The zero-order valence-electron chi connectivity index (χ0n) is 15.5. The minimum Gasteiger partial charge on any atom is -0.484 e. The molecule has 1 rings (SSSR count). The summed E-state index contributed by atoms with van der Waals surface area (Å²) < 4.78 is 5.59. The molecule has 0 bridgehead atoms. The third-order valence-corrected chi connectivity index (χ3v) is 4.09. The summed E-state index contributed by atoms with van der Waals surface area (Å²) in [7, 11) is 0. The minimum absolute atomic E-state index is 0.0638. The first-order valence-corrected chi connectivity index (χ1v) is 8.59. The largest absolute Gasteiger partial charge is 0.484 e. The number of carbonyl (C=O) groups excluding carboxylic acids is 1. The summed E-state index contributed by atoms with van der Waals surface area (Å²) in [5.41, 5.74) is 2.52. The van der Waals surface area contributed by atoms with E-state index >= 15 is 0 Å². The van der Waals surface area contributed by atoms with Crippen LogP contribution in [-0.2, 0) is 4.79 Å². The van der Waals surface area contributed by atoms with E-state index in [1.54, 1.807) is 0 Å². The van der Waals surface area contributed by atoms with Crippen LogP contribution < -0.4 is 10.1 Å². The highest BCUT2D eigenvalue weighted by Gasteiger charge is 2.09. The third kappa shape index (κ3) is 6.61. The van der Waals surface area contributed by atoms with E-state index in [1.807, 2.05) is 12.1 Å². The van der Waals surface area contributed by atoms with Gasteiger partial charge in [0.1, 0.15) is 5.75 Å². The molecule has 4 heteroatoms. The molecular weight excluding hydrogens is 288 g/mol. The quantitative estimate of drug-likeness (QED) is 0.759. The van der Waals surface area contributed by atoms with Crippen molar-refractivity contribution < 1.29 is 9.53 Å². The fourth-order valence-electron chi connectivity index (χ4n) is 2.71. The van der Waals surface area contributed by atoms with Gasteiger partial charge in [-0.2, -0.15) is 0 Å². The normalized spacial score (nSPS) is 11.3. The molecule has 0 saturated heterocycles. The number of benzene rings is 1. The number of ether oxygens (including phenoxy) is 1. The molecule has 1 aromatic carbocycles. The SMILES string of the molecule is CCN(CCNC(=O)COc1ccc(C(C)C)c(C)c1)C(C)C. The van der Waals surface area contributed by atoms with Crippen LogP contribution in [0.4, 0.5) is 0 Å². The number of likely N-dealkylation sites (N-methyl/N-ethyl adjacent to an activating group) is 1. The van der Waals surface area contributed by atoms with E-state index in [4.69, 9.17) is 4.74 Å². The first-order chi connectivity index (χ1) is 10.8. The molecule has 0 aliphatic heterocycles.